The van der Waals surface area contributed by atoms with Crippen molar-refractivity contribution >= 4 is 5.96 Å². The molecule has 9 nitrogen and oxygen atoms in total. The zero-order valence-electron chi connectivity index (χ0n) is 14.8. The van der Waals surface area contributed by atoms with E-state index in [1.54, 1.807) is 13.0 Å². The third-order valence-electron chi connectivity index (χ3n) is 3.50. The van der Waals surface area contributed by atoms with Crippen molar-refractivity contribution in [1.29, 1.82) is 0 Å². The predicted molar refractivity (Wildman–Crippen MR) is 89.9 cm³/mol. The van der Waals surface area contributed by atoms with Gasteiger partial charge in [-0.3, -0.25) is 0 Å². The molecule has 0 spiro atoms. The Labute approximate surface area is 153 Å². The maximum absolute atomic E-state index is 12.7. The molecule has 27 heavy (non-hydrogen) atoms. The van der Waals surface area contributed by atoms with Crippen LogP contribution in [0.1, 0.15) is 24.2 Å². The molecule has 2 aromatic rings. The van der Waals surface area contributed by atoms with Crippen molar-refractivity contribution < 1.29 is 27.5 Å². The molecule has 0 saturated carbocycles. The number of aryl methyl sites for hydroxylation is 1. The first-order valence-electron chi connectivity index (χ1n) is 8.24. The van der Waals surface area contributed by atoms with Gasteiger partial charge < -0.3 is 29.4 Å². The Kier molecular flexibility index (Phi) is 5.89. The van der Waals surface area contributed by atoms with Crippen LogP contribution in [-0.4, -0.2) is 36.0 Å². The summed E-state index contributed by atoms with van der Waals surface area (Å²) in [5.74, 6) is 2.19. The SMILES string of the molecule is CCNC(=NCc1cc2c(cc1OC(F)F)OCO2)NCc1nc(C)no1. The van der Waals surface area contributed by atoms with E-state index >= 15 is 0 Å². The molecule has 0 bridgehead atoms. The minimum atomic E-state index is -2.96. The third kappa shape index (κ3) is 4.96. The van der Waals surface area contributed by atoms with Gasteiger partial charge >= 0.3 is 6.61 Å². The molecule has 0 atom stereocenters. The van der Waals surface area contributed by atoms with Gasteiger partial charge in [-0.25, -0.2) is 4.99 Å². The second-order valence-electron chi connectivity index (χ2n) is 5.48. The number of rotatable bonds is 7. The molecule has 2 N–H and O–H groups in total. The smallest absolute Gasteiger partial charge is 0.387 e. The van der Waals surface area contributed by atoms with Crippen molar-refractivity contribution in [1.82, 2.24) is 20.8 Å². The maximum Gasteiger partial charge on any atom is 0.387 e. The van der Waals surface area contributed by atoms with Crippen molar-refractivity contribution in [2.45, 2.75) is 33.5 Å². The van der Waals surface area contributed by atoms with E-state index in [0.29, 0.717) is 41.3 Å². The number of hydrogen-bond acceptors (Lipinski definition) is 7. The first kappa shape index (κ1) is 18.7. The fraction of sp³-hybridized carbons (Fsp3) is 0.438. The Morgan fingerprint density at radius 1 is 1.30 bits per heavy atom. The molecular formula is C16H19F2N5O4. The number of fused-ring (bicyclic) bond motifs is 1. The van der Waals surface area contributed by atoms with Crippen molar-refractivity contribution in [3.05, 3.63) is 29.4 Å². The molecule has 1 aromatic heterocycles. The maximum atomic E-state index is 12.7. The summed E-state index contributed by atoms with van der Waals surface area (Å²) in [5.41, 5.74) is 0.436. The fourth-order valence-electron chi connectivity index (χ4n) is 2.37. The van der Waals surface area contributed by atoms with Gasteiger partial charge in [0.1, 0.15) is 5.75 Å². The van der Waals surface area contributed by atoms with E-state index in [2.05, 4.69) is 30.5 Å². The normalized spacial score (nSPS) is 13.1. The number of alkyl halides is 2. The van der Waals surface area contributed by atoms with E-state index in [9.17, 15) is 8.78 Å². The largest absolute Gasteiger partial charge is 0.454 e. The van der Waals surface area contributed by atoms with Gasteiger partial charge in [-0.05, 0) is 19.9 Å². The van der Waals surface area contributed by atoms with Crippen LogP contribution in [0.2, 0.25) is 0 Å². The van der Waals surface area contributed by atoms with Gasteiger partial charge in [-0.1, -0.05) is 5.16 Å². The van der Waals surface area contributed by atoms with Crippen LogP contribution in [0.5, 0.6) is 17.2 Å². The molecule has 1 aliphatic rings. The number of halogens is 2. The number of aliphatic imine (C=N–C) groups is 1. The highest BCUT2D eigenvalue weighted by molar-refractivity contribution is 5.79. The second-order valence-corrected chi connectivity index (χ2v) is 5.48. The summed E-state index contributed by atoms with van der Waals surface area (Å²) in [6, 6.07) is 2.95. The zero-order chi connectivity index (χ0) is 19.2. The lowest BCUT2D eigenvalue weighted by Gasteiger charge is -2.12. The molecule has 0 aliphatic carbocycles. The lowest BCUT2D eigenvalue weighted by atomic mass is 10.1. The van der Waals surface area contributed by atoms with Crippen LogP contribution in [0.25, 0.3) is 0 Å². The summed E-state index contributed by atoms with van der Waals surface area (Å²) in [6.07, 6.45) is 0. The fourth-order valence-corrected chi connectivity index (χ4v) is 2.37. The van der Waals surface area contributed by atoms with Crippen LogP contribution in [0, 0.1) is 6.92 Å². The molecule has 0 saturated heterocycles. The Morgan fingerprint density at radius 2 is 2.07 bits per heavy atom. The first-order chi connectivity index (χ1) is 13.0. The number of ether oxygens (including phenoxy) is 3. The van der Waals surface area contributed by atoms with Crippen LogP contribution in [-0.2, 0) is 13.1 Å². The average Bonchev–Trinajstić information content (AvgIpc) is 3.25. The minimum Gasteiger partial charge on any atom is -0.454 e. The number of nitrogens with one attached hydrogen (secondary N) is 2. The number of guanidine groups is 1. The Bertz CT molecular complexity index is 812. The standard InChI is InChI=1S/C16H19F2N5O4/c1-3-19-16(21-7-14-22-9(2)23-27-14)20-6-10-4-12-13(25-8-24-12)5-11(10)26-15(17)18/h4-5,15H,3,6-8H2,1-2H3,(H2,19,20,21). The Morgan fingerprint density at radius 3 is 2.74 bits per heavy atom. The highest BCUT2D eigenvalue weighted by Crippen LogP contribution is 2.39. The monoisotopic (exact) mass is 383 g/mol. The third-order valence-corrected chi connectivity index (χ3v) is 3.50. The van der Waals surface area contributed by atoms with Crippen LogP contribution in [0.4, 0.5) is 8.78 Å². The summed E-state index contributed by atoms with van der Waals surface area (Å²) >= 11 is 0. The zero-order valence-corrected chi connectivity index (χ0v) is 14.8. The van der Waals surface area contributed by atoms with Gasteiger partial charge in [0, 0.05) is 18.2 Å². The second kappa shape index (κ2) is 8.52. The molecule has 0 fully saturated rings. The van der Waals surface area contributed by atoms with Crippen LogP contribution < -0.4 is 24.8 Å². The van der Waals surface area contributed by atoms with Crippen LogP contribution >= 0.6 is 0 Å². The lowest BCUT2D eigenvalue weighted by Crippen LogP contribution is -2.36. The first-order valence-corrected chi connectivity index (χ1v) is 8.24. The highest BCUT2D eigenvalue weighted by Gasteiger charge is 2.20. The van der Waals surface area contributed by atoms with Gasteiger partial charge in [-0.2, -0.15) is 13.8 Å². The quantitative estimate of drug-likeness (QED) is 0.553. The number of benzene rings is 1. The van der Waals surface area contributed by atoms with Crippen molar-refractivity contribution in [2.75, 3.05) is 13.3 Å². The molecule has 0 amide bonds. The predicted octanol–water partition coefficient (Wildman–Crippen LogP) is 1.96. The van der Waals surface area contributed by atoms with E-state index in [1.165, 1.54) is 6.07 Å². The van der Waals surface area contributed by atoms with E-state index in [0.717, 1.165) is 0 Å². The van der Waals surface area contributed by atoms with Crippen LogP contribution in [0.15, 0.2) is 21.6 Å². The topological polar surface area (TPSA) is 103 Å². The molecule has 1 aromatic carbocycles. The Hall–Kier alpha value is -3.11. The molecule has 11 heteroatoms. The van der Waals surface area contributed by atoms with Gasteiger partial charge in [-0.15, -0.1) is 0 Å². The van der Waals surface area contributed by atoms with E-state index in [1.807, 2.05) is 6.92 Å². The van der Waals surface area contributed by atoms with Crippen LogP contribution in [0.3, 0.4) is 0 Å². The van der Waals surface area contributed by atoms with E-state index in [-0.39, 0.29) is 25.6 Å². The average molecular weight is 383 g/mol. The molecular weight excluding hydrogens is 364 g/mol. The van der Waals surface area contributed by atoms with Gasteiger partial charge in [0.15, 0.2) is 23.3 Å². The molecule has 0 unspecified atom stereocenters. The molecule has 2 heterocycles. The molecule has 1 aliphatic heterocycles. The van der Waals surface area contributed by atoms with E-state index < -0.39 is 6.61 Å². The summed E-state index contributed by atoms with van der Waals surface area (Å²) in [6.45, 7) is 1.65. The van der Waals surface area contributed by atoms with Gasteiger partial charge in [0.05, 0.1) is 13.1 Å². The number of aromatic nitrogens is 2. The summed E-state index contributed by atoms with van der Waals surface area (Å²) in [5, 5.41) is 9.78. The summed E-state index contributed by atoms with van der Waals surface area (Å²) in [4.78, 5) is 8.47. The number of nitrogens with zero attached hydrogens (tertiary/aromatic N) is 3. The molecule has 3 rings (SSSR count). The highest BCUT2D eigenvalue weighted by atomic mass is 19.3. The summed E-state index contributed by atoms with van der Waals surface area (Å²) in [7, 11) is 0. The number of hydrogen-bond donors (Lipinski definition) is 2. The minimum absolute atomic E-state index is 0.0126. The molecule has 0 radical (unpaired) electrons. The van der Waals surface area contributed by atoms with Gasteiger partial charge in [0.25, 0.3) is 0 Å². The van der Waals surface area contributed by atoms with Crippen molar-refractivity contribution in [3.63, 3.8) is 0 Å². The lowest BCUT2D eigenvalue weighted by molar-refractivity contribution is -0.0505. The summed E-state index contributed by atoms with van der Waals surface area (Å²) < 4.78 is 45.5. The van der Waals surface area contributed by atoms with Crippen molar-refractivity contribution in [2.24, 2.45) is 4.99 Å². The van der Waals surface area contributed by atoms with E-state index in [4.69, 9.17) is 14.0 Å². The van der Waals surface area contributed by atoms with Gasteiger partial charge in [0.2, 0.25) is 12.7 Å². The Balaban J connectivity index is 1.74. The molecule has 146 valence electrons. The van der Waals surface area contributed by atoms with Crippen molar-refractivity contribution in [3.8, 4) is 17.2 Å².